The number of hydrogen-bond donors (Lipinski definition) is 0. The summed E-state index contributed by atoms with van der Waals surface area (Å²) in [6, 6.07) is -1.57. The van der Waals surface area contributed by atoms with Gasteiger partial charge in [0, 0.05) is 60.2 Å². The van der Waals surface area contributed by atoms with Crippen LogP contribution in [0.4, 0.5) is 0 Å². The van der Waals surface area contributed by atoms with Crippen LogP contribution in [0.3, 0.4) is 0 Å². The Hall–Kier alpha value is -5.08. The van der Waals surface area contributed by atoms with Crippen LogP contribution in [0.2, 0.25) is 0 Å². The summed E-state index contributed by atoms with van der Waals surface area (Å²) < 4.78 is 51.0. The summed E-state index contributed by atoms with van der Waals surface area (Å²) in [7, 11) is 0. The summed E-state index contributed by atoms with van der Waals surface area (Å²) in [6.45, 7) is 3.33. The van der Waals surface area contributed by atoms with Crippen molar-refractivity contribution in [2.45, 2.75) is 114 Å². The second-order valence-electron chi connectivity index (χ2n) is 10.5. The van der Waals surface area contributed by atoms with Crippen molar-refractivity contribution in [3.63, 3.8) is 0 Å². The highest BCUT2D eigenvalue weighted by Crippen LogP contribution is 2.37. The number of nitrogens with zero attached hydrogens (tertiary/aromatic N) is 12. The second-order valence-corrected chi connectivity index (χ2v) is 10.5. The molecule has 3 fully saturated rings. The highest BCUT2D eigenvalue weighted by Gasteiger charge is 2.55. The van der Waals surface area contributed by atoms with Gasteiger partial charge in [-0.1, -0.05) is 20.5 Å². The molecule has 0 aliphatic carbocycles. The van der Waals surface area contributed by atoms with Gasteiger partial charge in [-0.15, -0.1) is 0 Å². The molecule has 266 valence electrons. The molecule has 0 bridgehead atoms. The summed E-state index contributed by atoms with van der Waals surface area (Å²) in [4.78, 5) is 59.1. The third kappa shape index (κ3) is 11.0. The lowest BCUT2D eigenvalue weighted by Crippen LogP contribution is -2.62. The Morgan fingerprint density at radius 3 is 1.71 bits per heavy atom. The fourth-order valence-corrected chi connectivity index (χ4v) is 5.28. The maximum absolute atomic E-state index is 12.3. The van der Waals surface area contributed by atoms with Gasteiger partial charge in [-0.3, -0.25) is 19.2 Å². The number of esters is 4. The van der Waals surface area contributed by atoms with Gasteiger partial charge in [0.2, 0.25) is 0 Å². The summed E-state index contributed by atoms with van der Waals surface area (Å²) in [5.74, 6) is -3.26. The molecule has 0 saturated carbocycles. The van der Waals surface area contributed by atoms with Gasteiger partial charge in [-0.2, -0.15) is 0 Å². The summed E-state index contributed by atoms with van der Waals surface area (Å²) >= 11 is 0. The molecule has 0 aromatic rings. The number of ether oxygens (including phenoxy) is 9. The Kier molecular flexibility index (Phi) is 14.5. The van der Waals surface area contributed by atoms with Crippen LogP contribution in [0.15, 0.2) is 20.5 Å². The van der Waals surface area contributed by atoms with Gasteiger partial charge in [-0.25, -0.2) is 0 Å². The Bertz CT molecular complexity index is 1400. The van der Waals surface area contributed by atoms with Crippen molar-refractivity contribution in [3.8, 4) is 0 Å². The van der Waals surface area contributed by atoms with Crippen molar-refractivity contribution in [1.82, 2.24) is 0 Å². The minimum atomic E-state index is -1.69. The second kappa shape index (κ2) is 18.5. The van der Waals surface area contributed by atoms with Crippen LogP contribution >= 0.6 is 0 Å². The summed E-state index contributed by atoms with van der Waals surface area (Å²) in [5, 5.41) is 14.1. The zero-order valence-electron chi connectivity index (χ0n) is 26.4. The molecule has 0 aromatic heterocycles. The molecule has 25 heteroatoms. The zero-order chi connectivity index (χ0) is 36.1. The molecule has 11 atom stereocenters. The first kappa shape index (κ1) is 38.4. The minimum Gasteiger partial charge on any atom is -0.463 e. The Morgan fingerprint density at radius 1 is 0.633 bits per heavy atom. The molecule has 0 spiro atoms. The van der Waals surface area contributed by atoms with E-state index < -0.39 is 111 Å². The molecule has 3 aliphatic rings. The van der Waals surface area contributed by atoms with Gasteiger partial charge in [0.25, 0.3) is 0 Å². The molecular weight excluding hydrogens is 664 g/mol. The lowest BCUT2D eigenvalue weighted by atomic mass is 9.96. The first-order valence-corrected chi connectivity index (χ1v) is 14.5. The molecule has 0 N–H and O–H groups in total. The molecule has 49 heavy (non-hydrogen) atoms. The van der Waals surface area contributed by atoms with Crippen LogP contribution in [0.1, 0.15) is 40.5 Å². The van der Waals surface area contributed by atoms with E-state index in [0.717, 1.165) is 27.7 Å². The fraction of sp³-hybridized carbons (Fsp3) is 0.833. The average Bonchev–Trinajstić information content (AvgIpc) is 3.32. The number of carbonyl (C=O) groups excluding carboxylic acids is 4. The lowest BCUT2D eigenvalue weighted by molar-refractivity contribution is -0.285. The largest absolute Gasteiger partial charge is 0.463 e. The third-order valence-corrected chi connectivity index (χ3v) is 6.97. The molecule has 3 unspecified atom stereocenters. The van der Waals surface area contributed by atoms with Gasteiger partial charge >= 0.3 is 23.9 Å². The first-order chi connectivity index (χ1) is 23.4. The topological polar surface area (TPSA) is 346 Å². The van der Waals surface area contributed by atoms with E-state index in [0.29, 0.717) is 0 Å². The van der Waals surface area contributed by atoms with Crippen molar-refractivity contribution in [2.75, 3.05) is 13.2 Å². The predicted molar refractivity (Wildman–Crippen MR) is 153 cm³/mol. The number of azide groups is 4. The monoisotopic (exact) mass is 696 g/mol. The minimum absolute atomic E-state index is 0.0400. The van der Waals surface area contributed by atoms with Gasteiger partial charge in [0.15, 0.2) is 30.9 Å². The summed E-state index contributed by atoms with van der Waals surface area (Å²) in [6.07, 6.45) is -14.8. The maximum Gasteiger partial charge on any atom is 0.303 e. The van der Waals surface area contributed by atoms with E-state index in [2.05, 4.69) is 40.1 Å². The van der Waals surface area contributed by atoms with Crippen molar-refractivity contribution >= 4 is 23.9 Å². The molecule has 3 rings (SSSR count). The van der Waals surface area contributed by atoms with E-state index in [1.807, 2.05) is 0 Å². The molecule has 25 nitrogen and oxygen atoms in total. The fourth-order valence-electron chi connectivity index (χ4n) is 5.28. The molecular formula is C24H32N12O13. The molecule has 0 radical (unpaired) electrons. The highest BCUT2D eigenvalue weighted by molar-refractivity contribution is 5.68. The normalized spacial score (nSPS) is 33.6. The van der Waals surface area contributed by atoms with Crippen molar-refractivity contribution in [2.24, 2.45) is 20.5 Å². The smallest absolute Gasteiger partial charge is 0.303 e. The van der Waals surface area contributed by atoms with Crippen molar-refractivity contribution in [1.29, 1.82) is 0 Å². The van der Waals surface area contributed by atoms with Crippen LogP contribution < -0.4 is 0 Å². The lowest BCUT2D eigenvalue weighted by Gasteiger charge is -2.44. The molecule has 3 saturated heterocycles. The van der Waals surface area contributed by atoms with Crippen molar-refractivity contribution in [3.05, 3.63) is 41.8 Å². The van der Waals surface area contributed by atoms with E-state index in [9.17, 15) is 24.7 Å². The van der Waals surface area contributed by atoms with Crippen LogP contribution in [0.25, 0.3) is 41.8 Å². The quantitative estimate of drug-likeness (QED) is 0.0829. The van der Waals surface area contributed by atoms with Crippen molar-refractivity contribution < 1.29 is 61.8 Å². The number of hydrogen-bond acceptors (Lipinski definition) is 17. The van der Waals surface area contributed by atoms with Crippen LogP contribution in [0, 0.1) is 0 Å². The van der Waals surface area contributed by atoms with E-state index in [4.69, 9.17) is 59.2 Å². The van der Waals surface area contributed by atoms with E-state index >= 15 is 0 Å². The van der Waals surface area contributed by atoms with Crippen LogP contribution in [-0.2, 0) is 61.8 Å². The molecule has 0 amide bonds. The molecule has 0 aromatic carbocycles. The Balaban J connectivity index is 2.03. The van der Waals surface area contributed by atoms with Gasteiger partial charge in [0.1, 0.15) is 43.4 Å². The van der Waals surface area contributed by atoms with Gasteiger partial charge in [-0.05, 0) is 22.1 Å². The average molecular weight is 697 g/mol. The van der Waals surface area contributed by atoms with Gasteiger partial charge < -0.3 is 42.6 Å². The molecule has 3 aliphatic heterocycles. The van der Waals surface area contributed by atoms with E-state index in [-0.39, 0.29) is 12.8 Å². The van der Waals surface area contributed by atoms with E-state index in [1.165, 1.54) is 0 Å². The standard InChI is InChI=1S/C24H32N12O13/c1-9(37)41-8-15-20(22(44-12(4)40)24(47-15)45-13-5-16(30-34-26)48-17(6-13)31-35-27)49-23-18(32-36-28)21(43-11(3)39)19(42-10(2)38)14(46-23)7-29-33-25/h13-24H,5-8H2,1-4H3/t13?,14-,15+,16?,17?,18?,19+,20+,21+,22+,23+,24+/m0/s1. The number of carbonyl (C=O) groups is 4. The SMILES string of the molecule is CC(=O)OC[C@H]1O[C@@H](OC2CC(N=[N+]=[N-])OC(N=[N+]=[N-])C2)[C@H](OC(C)=O)[C@@H]1O[C@H]1O[C@@H](CN=[N+]=[N-])[C@@H](OC(C)=O)[C@H](OC(C)=O)C1N=[N+]=[N-]. The Labute approximate surface area is 275 Å². The first-order valence-electron chi connectivity index (χ1n) is 14.5. The van der Waals surface area contributed by atoms with Crippen LogP contribution in [-0.4, -0.2) is 111 Å². The van der Waals surface area contributed by atoms with Gasteiger partial charge in [0.05, 0.1) is 12.6 Å². The maximum atomic E-state index is 12.3. The third-order valence-electron chi connectivity index (χ3n) is 6.97. The number of rotatable bonds is 14. The van der Waals surface area contributed by atoms with E-state index in [1.54, 1.807) is 0 Å². The predicted octanol–water partition coefficient (Wildman–Crippen LogP) is 2.64. The van der Waals surface area contributed by atoms with Crippen LogP contribution in [0.5, 0.6) is 0 Å². The zero-order valence-corrected chi connectivity index (χ0v) is 26.4. The molecule has 3 heterocycles. The summed E-state index contributed by atoms with van der Waals surface area (Å²) in [5.41, 5.74) is 36.2. The Morgan fingerprint density at radius 2 is 1.18 bits per heavy atom. The highest BCUT2D eigenvalue weighted by atomic mass is 16.8.